The molecular weight excluding hydrogens is 254 g/mol. The molecule has 0 radical (unpaired) electrons. The Balaban J connectivity index is 1.78. The summed E-state index contributed by atoms with van der Waals surface area (Å²) in [7, 11) is 0. The van der Waals surface area contributed by atoms with Crippen molar-refractivity contribution in [2.24, 2.45) is 23.7 Å². The van der Waals surface area contributed by atoms with Gasteiger partial charge in [-0.2, -0.15) is 8.78 Å². The maximum atomic E-state index is 13.0. The quantitative estimate of drug-likeness (QED) is 0.726. The molecule has 0 amide bonds. The SMILES string of the molecule is CC1(OC(=O)C(C)(F)F)CC2CC3C(CC3C2=O)C1. The number of esters is 1. The van der Waals surface area contributed by atoms with Crippen LogP contribution in [0, 0.1) is 23.7 Å². The van der Waals surface area contributed by atoms with Gasteiger partial charge in [0, 0.05) is 18.8 Å². The van der Waals surface area contributed by atoms with E-state index in [0.717, 1.165) is 12.8 Å². The number of ether oxygens (including phenoxy) is 1. The molecule has 3 fully saturated rings. The molecule has 2 bridgehead atoms. The molecule has 0 aliphatic heterocycles. The monoisotopic (exact) mass is 272 g/mol. The van der Waals surface area contributed by atoms with E-state index in [1.807, 2.05) is 0 Å². The fourth-order valence-corrected chi connectivity index (χ4v) is 4.21. The van der Waals surface area contributed by atoms with Crippen molar-refractivity contribution in [3.05, 3.63) is 0 Å². The van der Waals surface area contributed by atoms with Crippen molar-refractivity contribution in [3.8, 4) is 0 Å². The molecule has 19 heavy (non-hydrogen) atoms. The molecule has 0 saturated heterocycles. The molecule has 5 heteroatoms. The third kappa shape index (κ3) is 1.98. The molecule has 0 aromatic heterocycles. The third-order valence-electron chi connectivity index (χ3n) is 5.07. The normalized spacial score (nSPS) is 44.5. The number of ketones is 1. The van der Waals surface area contributed by atoms with Crippen molar-refractivity contribution in [1.29, 1.82) is 0 Å². The number of halogens is 2. The van der Waals surface area contributed by atoms with E-state index in [2.05, 4.69) is 0 Å². The van der Waals surface area contributed by atoms with Crippen LogP contribution in [0.2, 0.25) is 0 Å². The minimum atomic E-state index is -3.47. The number of hydrogen-bond donors (Lipinski definition) is 0. The summed E-state index contributed by atoms with van der Waals surface area (Å²) in [5.41, 5.74) is -0.915. The van der Waals surface area contributed by atoms with Crippen LogP contribution in [0.3, 0.4) is 0 Å². The van der Waals surface area contributed by atoms with Gasteiger partial charge in [0.1, 0.15) is 11.4 Å². The van der Waals surface area contributed by atoms with Crippen LogP contribution < -0.4 is 0 Å². The predicted octanol–water partition coefficient (Wildman–Crippen LogP) is 2.58. The van der Waals surface area contributed by atoms with E-state index in [0.29, 0.717) is 31.6 Å². The van der Waals surface area contributed by atoms with Crippen molar-refractivity contribution in [2.45, 2.75) is 51.1 Å². The van der Waals surface area contributed by atoms with Gasteiger partial charge in [0.15, 0.2) is 0 Å². The van der Waals surface area contributed by atoms with E-state index in [1.54, 1.807) is 6.92 Å². The Hall–Kier alpha value is -1.00. The zero-order valence-electron chi connectivity index (χ0n) is 11.1. The lowest BCUT2D eigenvalue weighted by Crippen LogP contribution is -2.47. The van der Waals surface area contributed by atoms with Crippen molar-refractivity contribution in [2.75, 3.05) is 0 Å². The summed E-state index contributed by atoms with van der Waals surface area (Å²) in [4.78, 5) is 23.5. The Labute approximate surface area is 110 Å². The molecule has 3 nitrogen and oxygen atoms in total. The maximum absolute atomic E-state index is 13.0. The van der Waals surface area contributed by atoms with Gasteiger partial charge < -0.3 is 4.74 Å². The van der Waals surface area contributed by atoms with Gasteiger partial charge in [-0.05, 0) is 44.4 Å². The minimum Gasteiger partial charge on any atom is -0.455 e. The van der Waals surface area contributed by atoms with E-state index in [9.17, 15) is 18.4 Å². The Bertz CT molecular complexity index is 442. The van der Waals surface area contributed by atoms with Crippen LogP contribution >= 0.6 is 0 Å². The van der Waals surface area contributed by atoms with Crippen LogP contribution in [-0.2, 0) is 14.3 Å². The lowest BCUT2D eigenvalue weighted by molar-refractivity contribution is -0.189. The second-order valence-corrected chi connectivity index (χ2v) is 6.74. The first kappa shape index (κ1) is 13.0. The number of fused-ring (bicyclic) bond motifs is 1. The molecule has 0 heterocycles. The molecule has 0 aromatic rings. The minimum absolute atomic E-state index is 0.106. The van der Waals surface area contributed by atoms with E-state index >= 15 is 0 Å². The standard InChI is InChI=1S/C14H18F2O3/c1-13(19-12(18)14(2,15)16)5-7-3-10-9(7)4-8(6-13)11(10)17/h7-10H,3-6H2,1-2H3. The average molecular weight is 272 g/mol. The summed E-state index contributed by atoms with van der Waals surface area (Å²) < 4.78 is 31.0. The molecule has 106 valence electrons. The fourth-order valence-electron chi connectivity index (χ4n) is 4.21. The molecule has 5 atom stereocenters. The molecule has 0 N–H and O–H groups in total. The van der Waals surface area contributed by atoms with E-state index in [-0.39, 0.29) is 17.6 Å². The zero-order valence-corrected chi connectivity index (χ0v) is 11.1. The Morgan fingerprint density at radius 2 is 2.05 bits per heavy atom. The van der Waals surface area contributed by atoms with Gasteiger partial charge in [-0.1, -0.05) is 0 Å². The third-order valence-corrected chi connectivity index (χ3v) is 5.07. The summed E-state index contributed by atoms with van der Waals surface area (Å²) in [6.07, 6.45) is 2.70. The molecule has 3 saturated carbocycles. The predicted molar refractivity (Wildman–Crippen MR) is 62.6 cm³/mol. The molecule has 0 spiro atoms. The maximum Gasteiger partial charge on any atom is 0.377 e. The second-order valence-electron chi connectivity index (χ2n) is 6.74. The van der Waals surface area contributed by atoms with Crippen LogP contribution in [0.4, 0.5) is 8.78 Å². The highest BCUT2D eigenvalue weighted by Crippen LogP contribution is 2.59. The van der Waals surface area contributed by atoms with Crippen molar-refractivity contribution < 1.29 is 23.1 Å². The molecule has 3 aliphatic rings. The van der Waals surface area contributed by atoms with Gasteiger partial charge in [-0.25, -0.2) is 4.79 Å². The van der Waals surface area contributed by atoms with Crippen LogP contribution in [-0.4, -0.2) is 23.3 Å². The zero-order chi connectivity index (χ0) is 14.0. The molecule has 0 aromatic carbocycles. The Morgan fingerprint density at radius 1 is 1.37 bits per heavy atom. The topological polar surface area (TPSA) is 43.4 Å². The van der Waals surface area contributed by atoms with Crippen molar-refractivity contribution >= 4 is 11.8 Å². The highest BCUT2D eigenvalue weighted by Gasteiger charge is 2.59. The number of Topliss-reactive ketones (excluding diaryl/α,β-unsaturated/α-hetero) is 1. The van der Waals surface area contributed by atoms with E-state index in [4.69, 9.17) is 4.74 Å². The first-order valence-corrected chi connectivity index (χ1v) is 6.85. The van der Waals surface area contributed by atoms with Gasteiger partial charge >= 0.3 is 11.9 Å². The second kappa shape index (κ2) is 3.76. The number of alkyl halides is 2. The first-order chi connectivity index (χ1) is 8.70. The lowest BCUT2D eigenvalue weighted by atomic mass is 9.62. The molecule has 3 rings (SSSR count). The summed E-state index contributed by atoms with van der Waals surface area (Å²) >= 11 is 0. The van der Waals surface area contributed by atoms with Gasteiger partial charge in [-0.3, -0.25) is 4.79 Å². The summed E-state index contributed by atoms with van der Waals surface area (Å²) in [5.74, 6) is -3.85. The van der Waals surface area contributed by atoms with Crippen molar-refractivity contribution in [3.63, 3.8) is 0 Å². The molecular formula is C14H18F2O3. The summed E-state index contributed by atoms with van der Waals surface area (Å²) in [5, 5.41) is 0. The summed E-state index contributed by atoms with van der Waals surface area (Å²) in [6.45, 7) is 2.24. The number of rotatable bonds is 2. The number of carbonyl (C=O) groups excluding carboxylic acids is 2. The summed E-state index contributed by atoms with van der Waals surface area (Å²) in [6, 6.07) is 0. The first-order valence-electron chi connectivity index (χ1n) is 6.85. The van der Waals surface area contributed by atoms with E-state index < -0.39 is 17.5 Å². The van der Waals surface area contributed by atoms with Crippen LogP contribution in [0.15, 0.2) is 0 Å². The van der Waals surface area contributed by atoms with Crippen molar-refractivity contribution in [1.82, 2.24) is 0 Å². The fraction of sp³-hybridized carbons (Fsp3) is 0.857. The van der Waals surface area contributed by atoms with Gasteiger partial charge in [0.2, 0.25) is 0 Å². The number of hydrogen-bond acceptors (Lipinski definition) is 3. The Morgan fingerprint density at radius 3 is 2.68 bits per heavy atom. The van der Waals surface area contributed by atoms with Gasteiger partial charge in [0.25, 0.3) is 0 Å². The average Bonchev–Trinajstić information content (AvgIpc) is 2.41. The Kier molecular flexibility index (Phi) is 2.58. The van der Waals surface area contributed by atoms with Crippen LogP contribution in [0.25, 0.3) is 0 Å². The van der Waals surface area contributed by atoms with Crippen LogP contribution in [0.5, 0.6) is 0 Å². The highest BCUT2D eigenvalue weighted by molar-refractivity contribution is 5.87. The molecule has 5 unspecified atom stereocenters. The largest absolute Gasteiger partial charge is 0.455 e. The molecule has 3 aliphatic carbocycles. The lowest BCUT2D eigenvalue weighted by Gasteiger charge is -2.44. The number of carbonyl (C=O) groups is 2. The van der Waals surface area contributed by atoms with E-state index in [1.165, 1.54) is 0 Å². The smallest absolute Gasteiger partial charge is 0.377 e. The van der Waals surface area contributed by atoms with Gasteiger partial charge in [-0.15, -0.1) is 0 Å². The highest BCUT2D eigenvalue weighted by atomic mass is 19.3. The van der Waals surface area contributed by atoms with Gasteiger partial charge in [0.05, 0.1) is 0 Å². The van der Waals surface area contributed by atoms with Crippen LogP contribution in [0.1, 0.15) is 39.5 Å².